The normalized spacial score (nSPS) is 13.7. The molecule has 0 radical (unpaired) electrons. The third kappa shape index (κ3) is 3.58. The highest BCUT2D eigenvalue weighted by atomic mass is 19.1. The molecule has 0 unspecified atom stereocenters. The van der Waals surface area contributed by atoms with Crippen molar-refractivity contribution < 1.29 is 4.39 Å². The van der Waals surface area contributed by atoms with Gasteiger partial charge in [-0.25, -0.2) is 19.0 Å². The maximum Gasteiger partial charge on any atom is 0.169 e. The van der Waals surface area contributed by atoms with E-state index in [1.54, 1.807) is 15.6 Å². The zero-order valence-electron chi connectivity index (χ0n) is 15.1. The maximum atomic E-state index is 14.6. The Bertz CT molecular complexity index is 994. The number of aryl methyl sites for hydroxylation is 1. The van der Waals surface area contributed by atoms with Crippen LogP contribution >= 0.6 is 0 Å². The largest absolute Gasteiger partial charge is 0.269 e. The molecule has 0 amide bonds. The fourth-order valence-corrected chi connectivity index (χ4v) is 3.07. The lowest BCUT2D eigenvalue weighted by Gasteiger charge is -2.01. The minimum absolute atomic E-state index is 0.223. The fraction of sp³-hybridized carbons (Fsp3) is 0.421. The molecule has 0 aromatic carbocycles. The van der Waals surface area contributed by atoms with Crippen molar-refractivity contribution in [3.63, 3.8) is 0 Å². The van der Waals surface area contributed by atoms with Crippen molar-refractivity contribution in [3.8, 4) is 23.0 Å². The molecule has 3 aromatic heterocycles. The Labute approximate surface area is 156 Å². The summed E-state index contributed by atoms with van der Waals surface area (Å²) in [6.45, 7) is 2.85. The summed E-state index contributed by atoms with van der Waals surface area (Å²) in [7, 11) is 0. The van der Waals surface area contributed by atoms with E-state index in [0.717, 1.165) is 25.1 Å². The van der Waals surface area contributed by atoms with Crippen LogP contribution in [0.5, 0.6) is 0 Å². The molecule has 138 valence electrons. The van der Waals surface area contributed by atoms with Gasteiger partial charge in [-0.1, -0.05) is 13.3 Å². The molecule has 0 N–H and O–H groups in total. The quantitative estimate of drug-likeness (QED) is 0.641. The van der Waals surface area contributed by atoms with Gasteiger partial charge in [0.25, 0.3) is 0 Å². The zero-order chi connectivity index (χ0) is 18.8. The highest BCUT2D eigenvalue weighted by molar-refractivity contribution is 5.62. The van der Waals surface area contributed by atoms with Gasteiger partial charge in [-0.05, 0) is 31.6 Å². The van der Waals surface area contributed by atoms with Gasteiger partial charge in [-0.15, -0.1) is 0 Å². The van der Waals surface area contributed by atoms with E-state index in [-0.39, 0.29) is 11.5 Å². The minimum Gasteiger partial charge on any atom is -0.269 e. The molecule has 1 aliphatic rings. The topological polar surface area (TPSA) is 85.2 Å². The number of nitrogens with zero attached hydrogens (tertiary/aromatic N) is 7. The van der Waals surface area contributed by atoms with Crippen LogP contribution in [0.2, 0.25) is 0 Å². The summed E-state index contributed by atoms with van der Waals surface area (Å²) in [5.74, 6) is 0.261. The summed E-state index contributed by atoms with van der Waals surface area (Å²) in [4.78, 5) is 7.97. The number of nitriles is 1. The first-order chi connectivity index (χ1) is 13.2. The van der Waals surface area contributed by atoms with E-state index in [0.29, 0.717) is 29.3 Å². The molecule has 0 spiro atoms. The lowest BCUT2D eigenvalue weighted by Crippen LogP contribution is -2.01. The average molecular weight is 365 g/mol. The molecule has 1 aliphatic carbocycles. The SMILES string of the molecule is CCCCc1nn(-c2cncnc2C#N)cc1-c1nn(CC2CC2)cc1F. The molecule has 3 aromatic rings. The van der Waals surface area contributed by atoms with E-state index >= 15 is 0 Å². The standard InChI is InChI=1S/C19H20FN7/c1-2-3-4-16-14(19-15(20)11-26(25-19)9-13-5-6-13)10-27(24-16)18-8-22-12-23-17(18)7-21/h8,10-13H,2-6,9H2,1H3. The van der Waals surface area contributed by atoms with Crippen LogP contribution in [0, 0.1) is 23.1 Å². The summed E-state index contributed by atoms with van der Waals surface area (Å²) in [5.41, 5.74) is 2.43. The molecule has 0 saturated heterocycles. The fourth-order valence-electron chi connectivity index (χ4n) is 3.07. The molecule has 1 fully saturated rings. The Morgan fingerprint density at radius 1 is 1.30 bits per heavy atom. The number of unbranched alkanes of at least 4 members (excludes halogenated alkanes) is 1. The van der Waals surface area contributed by atoms with E-state index in [2.05, 4.69) is 27.1 Å². The first-order valence-corrected chi connectivity index (χ1v) is 9.22. The van der Waals surface area contributed by atoms with Crippen LogP contribution in [0.1, 0.15) is 44.0 Å². The second kappa shape index (κ2) is 7.27. The van der Waals surface area contributed by atoms with Crippen molar-refractivity contribution in [1.29, 1.82) is 5.26 Å². The molecule has 0 aliphatic heterocycles. The second-order valence-corrected chi connectivity index (χ2v) is 6.90. The van der Waals surface area contributed by atoms with Crippen LogP contribution in [0.4, 0.5) is 4.39 Å². The predicted octanol–water partition coefficient (Wildman–Crippen LogP) is 3.29. The predicted molar refractivity (Wildman–Crippen MR) is 96.4 cm³/mol. The minimum atomic E-state index is -0.349. The molecule has 27 heavy (non-hydrogen) atoms. The lowest BCUT2D eigenvalue weighted by molar-refractivity contribution is 0.556. The molecule has 8 heteroatoms. The van der Waals surface area contributed by atoms with Crippen LogP contribution in [0.15, 0.2) is 24.9 Å². The maximum absolute atomic E-state index is 14.6. The number of halogens is 1. The molecule has 7 nitrogen and oxygen atoms in total. The molecular weight excluding hydrogens is 345 g/mol. The Hall–Kier alpha value is -3.08. The van der Waals surface area contributed by atoms with E-state index in [1.807, 2.05) is 6.07 Å². The summed E-state index contributed by atoms with van der Waals surface area (Å²) in [5, 5.41) is 18.4. The van der Waals surface area contributed by atoms with Crippen LogP contribution in [0.25, 0.3) is 16.9 Å². The smallest absolute Gasteiger partial charge is 0.169 e. The van der Waals surface area contributed by atoms with Crippen molar-refractivity contribution in [3.05, 3.63) is 42.1 Å². The lowest BCUT2D eigenvalue weighted by atomic mass is 10.1. The number of hydrogen-bond acceptors (Lipinski definition) is 5. The molecule has 0 atom stereocenters. The first kappa shape index (κ1) is 17.3. The Balaban J connectivity index is 1.76. The van der Waals surface area contributed by atoms with Gasteiger partial charge >= 0.3 is 0 Å². The molecule has 4 rings (SSSR count). The van der Waals surface area contributed by atoms with Crippen molar-refractivity contribution >= 4 is 0 Å². The Kier molecular flexibility index (Phi) is 4.67. The third-order valence-corrected chi connectivity index (χ3v) is 4.72. The molecule has 3 heterocycles. The number of aromatic nitrogens is 6. The van der Waals surface area contributed by atoms with Crippen molar-refractivity contribution in [1.82, 2.24) is 29.5 Å². The highest BCUT2D eigenvalue weighted by Gasteiger charge is 2.24. The second-order valence-electron chi connectivity index (χ2n) is 6.90. The van der Waals surface area contributed by atoms with E-state index in [1.165, 1.54) is 31.6 Å². The number of hydrogen-bond donors (Lipinski definition) is 0. The van der Waals surface area contributed by atoms with Gasteiger partial charge in [-0.3, -0.25) is 4.68 Å². The Morgan fingerprint density at radius 2 is 2.15 bits per heavy atom. The third-order valence-electron chi connectivity index (χ3n) is 4.72. The van der Waals surface area contributed by atoms with E-state index in [9.17, 15) is 9.65 Å². The van der Waals surface area contributed by atoms with Crippen LogP contribution < -0.4 is 0 Å². The van der Waals surface area contributed by atoms with Crippen LogP contribution in [-0.4, -0.2) is 29.5 Å². The zero-order valence-corrected chi connectivity index (χ0v) is 15.1. The van der Waals surface area contributed by atoms with E-state index < -0.39 is 0 Å². The van der Waals surface area contributed by atoms with Gasteiger partial charge < -0.3 is 0 Å². The van der Waals surface area contributed by atoms with Crippen molar-refractivity contribution in [2.24, 2.45) is 5.92 Å². The van der Waals surface area contributed by atoms with Crippen LogP contribution in [0.3, 0.4) is 0 Å². The van der Waals surface area contributed by atoms with Gasteiger partial charge in [0.05, 0.1) is 18.1 Å². The summed E-state index contributed by atoms with van der Waals surface area (Å²) in [6, 6.07) is 2.04. The summed E-state index contributed by atoms with van der Waals surface area (Å²) < 4.78 is 17.9. The van der Waals surface area contributed by atoms with E-state index in [4.69, 9.17) is 0 Å². The van der Waals surface area contributed by atoms with Crippen molar-refractivity contribution in [2.75, 3.05) is 0 Å². The number of rotatable bonds is 7. The average Bonchev–Trinajstić information content (AvgIpc) is 3.28. The molecule has 1 saturated carbocycles. The highest BCUT2D eigenvalue weighted by Crippen LogP contribution is 2.32. The molecular formula is C19H20FN7. The van der Waals surface area contributed by atoms with Crippen LogP contribution in [-0.2, 0) is 13.0 Å². The molecule has 0 bridgehead atoms. The van der Waals surface area contributed by atoms with Gasteiger partial charge in [-0.2, -0.15) is 15.5 Å². The Morgan fingerprint density at radius 3 is 2.89 bits per heavy atom. The first-order valence-electron chi connectivity index (χ1n) is 9.22. The van der Waals surface area contributed by atoms with Crippen molar-refractivity contribution in [2.45, 2.75) is 45.6 Å². The van der Waals surface area contributed by atoms with Gasteiger partial charge in [0, 0.05) is 18.3 Å². The monoisotopic (exact) mass is 365 g/mol. The summed E-state index contributed by atoms with van der Waals surface area (Å²) in [6.07, 6.45) is 11.1. The summed E-state index contributed by atoms with van der Waals surface area (Å²) >= 11 is 0. The van der Waals surface area contributed by atoms with Gasteiger partial charge in [0.2, 0.25) is 0 Å². The van der Waals surface area contributed by atoms with Gasteiger partial charge in [0.15, 0.2) is 11.5 Å². The van der Waals surface area contributed by atoms with Gasteiger partial charge in [0.1, 0.15) is 23.8 Å².